The molecule has 0 radical (unpaired) electrons. The van der Waals surface area contributed by atoms with Crippen LogP contribution in [0.4, 0.5) is 0 Å². The summed E-state index contributed by atoms with van der Waals surface area (Å²) >= 11 is 0. The fourth-order valence-electron chi connectivity index (χ4n) is 2.10. The van der Waals surface area contributed by atoms with Crippen LogP contribution in [0.2, 0.25) is 0 Å². The first kappa shape index (κ1) is 16.7. The molecule has 0 saturated heterocycles. The number of nitrogens with two attached hydrogens (primary N) is 1. The monoisotopic (exact) mass is 264 g/mol. The highest BCUT2D eigenvalue weighted by Crippen LogP contribution is 2.42. The minimum Gasteiger partial charge on any atom is -0.381 e. The van der Waals surface area contributed by atoms with Crippen molar-refractivity contribution in [3.8, 4) is 0 Å². The molecule has 102 valence electrons. The van der Waals surface area contributed by atoms with E-state index in [4.69, 9.17) is 10.5 Å². The van der Waals surface area contributed by atoms with E-state index >= 15 is 0 Å². The van der Waals surface area contributed by atoms with Crippen molar-refractivity contribution in [3.05, 3.63) is 0 Å². The van der Waals surface area contributed by atoms with Crippen LogP contribution in [0.15, 0.2) is 0 Å². The number of ether oxygens (including phenoxy) is 1. The van der Waals surface area contributed by atoms with Gasteiger partial charge in [-0.1, -0.05) is 27.7 Å². The van der Waals surface area contributed by atoms with Crippen LogP contribution in [0.5, 0.6) is 0 Å². The summed E-state index contributed by atoms with van der Waals surface area (Å²) < 4.78 is 5.34. The second-order valence-electron chi connectivity index (χ2n) is 5.61. The van der Waals surface area contributed by atoms with Crippen LogP contribution in [0.1, 0.15) is 34.1 Å². The van der Waals surface area contributed by atoms with Gasteiger partial charge in [-0.2, -0.15) is 0 Å². The summed E-state index contributed by atoms with van der Waals surface area (Å²) in [7, 11) is 1.71. The van der Waals surface area contributed by atoms with E-state index in [-0.39, 0.29) is 41.8 Å². The highest BCUT2D eigenvalue weighted by atomic mass is 35.5. The average molecular weight is 265 g/mol. The third kappa shape index (κ3) is 3.33. The minimum absolute atomic E-state index is 0. The molecule has 1 fully saturated rings. The highest BCUT2D eigenvalue weighted by molar-refractivity contribution is 5.85. The van der Waals surface area contributed by atoms with Gasteiger partial charge >= 0.3 is 0 Å². The first-order valence-corrected chi connectivity index (χ1v) is 5.89. The van der Waals surface area contributed by atoms with Gasteiger partial charge in [-0.25, -0.2) is 0 Å². The molecule has 17 heavy (non-hydrogen) atoms. The number of rotatable bonds is 4. The van der Waals surface area contributed by atoms with Gasteiger partial charge in [-0.3, -0.25) is 4.79 Å². The third-order valence-corrected chi connectivity index (χ3v) is 3.80. The molecule has 5 heteroatoms. The Morgan fingerprint density at radius 3 is 2.35 bits per heavy atom. The molecule has 1 saturated carbocycles. The Kier molecular flexibility index (Phi) is 5.91. The van der Waals surface area contributed by atoms with Gasteiger partial charge in [0.05, 0.1) is 12.1 Å². The molecule has 0 aliphatic heterocycles. The molecule has 1 rings (SSSR count). The Bertz CT molecular complexity index is 269. The zero-order chi connectivity index (χ0) is 12.5. The molecular weight excluding hydrogens is 240 g/mol. The number of halogens is 1. The number of nitrogens with one attached hydrogen (secondary N) is 1. The van der Waals surface area contributed by atoms with Crippen molar-refractivity contribution >= 4 is 18.3 Å². The zero-order valence-corrected chi connectivity index (χ0v) is 12.1. The van der Waals surface area contributed by atoms with Crippen LogP contribution in [0.3, 0.4) is 0 Å². The summed E-state index contributed by atoms with van der Waals surface area (Å²) in [6.45, 7) is 8.12. The van der Waals surface area contributed by atoms with Gasteiger partial charge in [0.25, 0.3) is 0 Å². The Morgan fingerprint density at radius 2 is 2.00 bits per heavy atom. The Balaban J connectivity index is 0.00000256. The van der Waals surface area contributed by atoms with Crippen molar-refractivity contribution in [2.45, 2.75) is 52.3 Å². The molecule has 3 atom stereocenters. The second-order valence-corrected chi connectivity index (χ2v) is 5.61. The molecule has 1 amide bonds. The van der Waals surface area contributed by atoms with Crippen molar-refractivity contribution < 1.29 is 9.53 Å². The van der Waals surface area contributed by atoms with E-state index in [9.17, 15) is 4.79 Å². The lowest BCUT2D eigenvalue weighted by Gasteiger charge is -2.51. The summed E-state index contributed by atoms with van der Waals surface area (Å²) in [5.74, 6) is 0.115. The number of carbonyl (C=O) groups excluding carboxylic acids is 1. The summed E-state index contributed by atoms with van der Waals surface area (Å²) in [5, 5.41) is 3.01. The predicted octanol–water partition coefficient (Wildman–Crippen LogP) is 1.32. The second kappa shape index (κ2) is 6.03. The van der Waals surface area contributed by atoms with Crippen LogP contribution in [-0.2, 0) is 9.53 Å². The van der Waals surface area contributed by atoms with E-state index in [1.807, 2.05) is 13.8 Å². The topological polar surface area (TPSA) is 64.3 Å². The Morgan fingerprint density at radius 1 is 1.47 bits per heavy atom. The van der Waals surface area contributed by atoms with Crippen molar-refractivity contribution in [1.82, 2.24) is 5.32 Å². The lowest BCUT2D eigenvalue weighted by molar-refractivity contribution is -0.134. The zero-order valence-electron chi connectivity index (χ0n) is 11.3. The van der Waals surface area contributed by atoms with Crippen LogP contribution >= 0.6 is 12.4 Å². The highest BCUT2D eigenvalue weighted by Gasteiger charge is 2.49. The number of amides is 1. The molecule has 0 aromatic carbocycles. The van der Waals surface area contributed by atoms with Crippen LogP contribution in [0.25, 0.3) is 0 Å². The molecule has 0 aromatic rings. The van der Waals surface area contributed by atoms with Gasteiger partial charge in [0.15, 0.2) is 0 Å². The summed E-state index contributed by atoms with van der Waals surface area (Å²) in [5.41, 5.74) is 5.80. The number of methoxy groups -OCH3 is 1. The maximum Gasteiger partial charge on any atom is 0.237 e. The molecule has 3 N–H and O–H groups in total. The summed E-state index contributed by atoms with van der Waals surface area (Å²) in [6, 6.07) is -0.243. The minimum atomic E-state index is -0.419. The fraction of sp³-hybridized carbons (Fsp3) is 0.917. The number of hydrogen-bond acceptors (Lipinski definition) is 3. The van der Waals surface area contributed by atoms with Crippen molar-refractivity contribution in [3.63, 3.8) is 0 Å². The Hall–Kier alpha value is -0.320. The average Bonchev–Trinajstić information content (AvgIpc) is 2.21. The lowest BCUT2D eigenvalue weighted by Crippen LogP contribution is -2.63. The van der Waals surface area contributed by atoms with Crippen molar-refractivity contribution in [2.24, 2.45) is 17.1 Å². The first-order valence-electron chi connectivity index (χ1n) is 5.89. The van der Waals surface area contributed by atoms with E-state index in [0.717, 1.165) is 6.42 Å². The molecule has 0 bridgehead atoms. The maximum absolute atomic E-state index is 11.8. The molecule has 0 aromatic heterocycles. The Labute approximate surface area is 110 Å². The lowest BCUT2D eigenvalue weighted by atomic mass is 9.64. The standard InChI is InChI=1S/C12H24N2O2.ClH/c1-7(2)10(13)11(15)14-8-6-9(16-5)12(8,3)4;/h7-10H,6,13H2,1-5H3,(H,14,15);1H. The van der Waals surface area contributed by atoms with Gasteiger partial charge in [0.2, 0.25) is 5.91 Å². The van der Waals surface area contributed by atoms with Gasteiger partial charge in [-0.05, 0) is 12.3 Å². The molecular formula is C12H25ClN2O2. The summed E-state index contributed by atoms with van der Waals surface area (Å²) in [6.07, 6.45) is 1.10. The van der Waals surface area contributed by atoms with Crippen molar-refractivity contribution in [2.75, 3.05) is 7.11 Å². The smallest absolute Gasteiger partial charge is 0.237 e. The van der Waals surface area contributed by atoms with E-state index in [1.54, 1.807) is 7.11 Å². The van der Waals surface area contributed by atoms with E-state index < -0.39 is 6.04 Å². The SMILES string of the molecule is COC1CC(NC(=O)C(N)C(C)C)C1(C)C.Cl. The largest absolute Gasteiger partial charge is 0.381 e. The van der Waals surface area contributed by atoms with E-state index in [2.05, 4.69) is 19.2 Å². The van der Waals surface area contributed by atoms with E-state index in [0.29, 0.717) is 0 Å². The van der Waals surface area contributed by atoms with Crippen LogP contribution < -0.4 is 11.1 Å². The maximum atomic E-state index is 11.8. The summed E-state index contributed by atoms with van der Waals surface area (Å²) in [4.78, 5) is 11.8. The van der Waals surface area contributed by atoms with Gasteiger partial charge in [0.1, 0.15) is 0 Å². The molecule has 0 heterocycles. The predicted molar refractivity (Wildman–Crippen MR) is 71.2 cm³/mol. The molecule has 1 aliphatic carbocycles. The number of carbonyl (C=O) groups is 1. The van der Waals surface area contributed by atoms with Crippen LogP contribution in [-0.4, -0.2) is 31.2 Å². The molecule has 4 nitrogen and oxygen atoms in total. The van der Waals surface area contributed by atoms with Gasteiger partial charge < -0.3 is 15.8 Å². The third-order valence-electron chi connectivity index (χ3n) is 3.80. The number of hydrogen-bond donors (Lipinski definition) is 2. The van der Waals surface area contributed by atoms with Crippen LogP contribution in [0, 0.1) is 11.3 Å². The van der Waals surface area contributed by atoms with Gasteiger partial charge in [-0.15, -0.1) is 12.4 Å². The first-order chi connectivity index (χ1) is 7.30. The van der Waals surface area contributed by atoms with Crippen molar-refractivity contribution in [1.29, 1.82) is 0 Å². The molecule has 0 spiro atoms. The van der Waals surface area contributed by atoms with Gasteiger partial charge in [0, 0.05) is 18.6 Å². The fourth-order valence-corrected chi connectivity index (χ4v) is 2.10. The molecule has 3 unspecified atom stereocenters. The molecule has 1 aliphatic rings. The normalized spacial score (nSPS) is 27.9. The van der Waals surface area contributed by atoms with E-state index in [1.165, 1.54) is 0 Å². The quantitative estimate of drug-likeness (QED) is 0.805.